The van der Waals surface area contributed by atoms with Gasteiger partial charge in [0.2, 0.25) is 0 Å². The number of urea groups is 1. The maximum atomic E-state index is 12.0. The highest BCUT2D eigenvalue weighted by Crippen LogP contribution is 2.20. The molecule has 2 amide bonds. The lowest BCUT2D eigenvalue weighted by atomic mass is 10.1. The molecule has 2 N–H and O–H groups in total. The van der Waals surface area contributed by atoms with Crippen molar-refractivity contribution >= 4 is 22.4 Å². The Balaban J connectivity index is 1.68. The van der Waals surface area contributed by atoms with E-state index < -0.39 is 0 Å². The van der Waals surface area contributed by atoms with Crippen LogP contribution in [0.25, 0.3) is 0 Å². The summed E-state index contributed by atoms with van der Waals surface area (Å²) in [5, 5.41) is 5.76. The Labute approximate surface area is 103 Å². The molecular weight excluding hydrogens is 234 g/mol. The second-order valence-corrected chi connectivity index (χ2v) is 5.01. The van der Waals surface area contributed by atoms with Crippen LogP contribution in [0.3, 0.4) is 0 Å². The minimum Gasteiger partial charge on any atom is -0.365 e. The summed E-state index contributed by atoms with van der Waals surface area (Å²) in [6.45, 7) is 1.46. The van der Waals surface area contributed by atoms with E-state index in [4.69, 9.17) is 0 Å². The summed E-state index contributed by atoms with van der Waals surface area (Å²) in [6.07, 6.45) is 2.84. The van der Waals surface area contributed by atoms with Gasteiger partial charge in [-0.2, -0.15) is 0 Å². The molecule has 4 nitrogen and oxygen atoms in total. The molecule has 17 heavy (non-hydrogen) atoms. The van der Waals surface area contributed by atoms with Gasteiger partial charge >= 0.3 is 6.03 Å². The zero-order valence-corrected chi connectivity index (χ0v) is 10.1. The van der Waals surface area contributed by atoms with Gasteiger partial charge in [-0.1, -0.05) is 0 Å². The molecule has 0 radical (unpaired) electrons. The zero-order chi connectivity index (χ0) is 11.7. The maximum absolute atomic E-state index is 12.0. The second kappa shape index (κ2) is 4.25. The summed E-state index contributed by atoms with van der Waals surface area (Å²) >= 11 is 1.54. The Hall–Kier alpha value is -1.75. The van der Waals surface area contributed by atoms with Crippen LogP contribution in [-0.4, -0.2) is 22.5 Å². The third-order valence-electron chi connectivity index (χ3n) is 2.96. The van der Waals surface area contributed by atoms with E-state index in [1.165, 1.54) is 22.6 Å². The van der Waals surface area contributed by atoms with Crippen molar-refractivity contribution in [1.29, 1.82) is 0 Å². The number of carbonyl (C=O) groups excluding carboxylic acids is 1. The number of nitrogens with one attached hydrogen (secondary N) is 2. The van der Waals surface area contributed by atoms with Crippen LogP contribution in [0.5, 0.6) is 0 Å². The highest BCUT2D eigenvalue weighted by atomic mass is 32.1. The SMILES string of the molecule is O=C(Nc1cccs1)N1CCc2[nH]ccc2C1. The van der Waals surface area contributed by atoms with Gasteiger partial charge in [0.25, 0.3) is 0 Å². The number of aromatic amines is 1. The number of amides is 2. The van der Waals surface area contributed by atoms with Gasteiger partial charge in [0.05, 0.1) is 5.00 Å². The maximum Gasteiger partial charge on any atom is 0.322 e. The lowest BCUT2D eigenvalue weighted by molar-refractivity contribution is 0.206. The second-order valence-electron chi connectivity index (χ2n) is 4.06. The fourth-order valence-electron chi connectivity index (χ4n) is 2.06. The molecule has 88 valence electrons. The van der Waals surface area contributed by atoms with Gasteiger partial charge in [-0.15, -0.1) is 11.3 Å². The lowest BCUT2D eigenvalue weighted by Gasteiger charge is -2.26. The van der Waals surface area contributed by atoms with Gasteiger partial charge < -0.3 is 9.88 Å². The number of aromatic nitrogens is 1. The van der Waals surface area contributed by atoms with Crippen molar-refractivity contribution < 1.29 is 4.79 Å². The first-order valence-corrected chi connectivity index (χ1v) is 6.45. The summed E-state index contributed by atoms with van der Waals surface area (Å²) in [4.78, 5) is 17.1. The third-order valence-corrected chi connectivity index (χ3v) is 3.75. The van der Waals surface area contributed by atoms with Crippen molar-refractivity contribution in [2.45, 2.75) is 13.0 Å². The van der Waals surface area contributed by atoms with Crippen LogP contribution in [0, 0.1) is 0 Å². The molecule has 0 unspecified atom stereocenters. The van der Waals surface area contributed by atoms with E-state index in [0.717, 1.165) is 18.0 Å². The number of H-pyrrole nitrogens is 1. The van der Waals surface area contributed by atoms with Gasteiger partial charge in [-0.3, -0.25) is 5.32 Å². The van der Waals surface area contributed by atoms with Crippen molar-refractivity contribution in [1.82, 2.24) is 9.88 Å². The Kier molecular flexibility index (Phi) is 2.60. The van der Waals surface area contributed by atoms with Gasteiger partial charge in [0, 0.05) is 31.4 Å². The van der Waals surface area contributed by atoms with Crippen molar-refractivity contribution in [3.63, 3.8) is 0 Å². The first-order chi connectivity index (χ1) is 8.33. The van der Waals surface area contributed by atoms with Crippen LogP contribution in [0.1, 0.15) is 11.3 Å². The van der Waals surface area contributed by atoms with Crippen molar-refractivity contribution in [3.8, 4) is 0 Å². The lowest BCUT2D eigenvalue weighted by Crippen LogP contribution is -2.38. The first-order valence-electron chi connectivity index (χ1n) is 5.57. The standard InChI is InChI=1S/C12H13N3OS/c16-12(14-11-2-1-7-17-11)15-6-4-10-9(8-15)3-5-13-10/h1-3,5,7,13H,4,6,8H2,(H,14,16). The van der Waals surface area contributed by atoms with Crippen molar-refractivity contribution in [2.75, 3.05) is 11.9 Å². The number of carbonyl (C=O) groups is 1. The molecule has 3 rings (SSSR count). The number of thiophene rings is 1. The molecule has 5 heteroatoms. The zero-order valence-electron chi connectivity index (χ0n) is 9.27. The van der Waals surface area contributed by atoms with Gasteiger partial charge in [-0.25, -0.2) is 4.79 Å². The molecule has 1 aliphatic rings. The molecule has 0 spiro atoms. The molecule has 0 aliphatic carbocycles. The highest BCUT2D eigenvalue weighted by molar-refractivity contribution is 7.14. The van der Waals surface area contributed by atoms with E-state index in [1.807, 2.05) is 34.7 Å². The van der Waals surface area contributed by atoms with Crippen LogP contribution in [0.15, 0.2) is 29.8 Å². The van der Waals surface area contributed by atoms with E-state index >= 15 is 0 Å². The van der Waals surface area contributed by atoms with Crippen LogP contribution in [0.4, 0.5) is 9.80 Å². The average Bonchev–Trinajstić information content (AvgIpc) is 2.97. The van der Waals surface area contributed by atoms with Crippen LogP contribution in [0.2, 0.25) is 0 Å². The predicted octanol–water partition coefficient (Wildman–Crippen LogP) is 2.67. The summed E-state index contributed by atoms with van der Waals surface area (Å²) in [6, 6.07) is 5.87. The molecule has 0 saturated heterocycles. The molecule has 2 aromatic rings. The van der Waals surface area contributed by atoms with Crippen LogP contribution >= 0.6 is 11.3 Å². The molecule has 0 bridgehead atoms. The fourth-order valence-corrected chi connectivity index (χ4v) is 2.66. The number of hydrogen-bond donors (Lipinski definition) is 2. The van der Waals surface area contributed by atoms with E-state index in [9.17, 15) is 4.79 Å². The van der Waals surface area contributed by atoms with Gasteiger partial charge in [-0.05, 0) is 29.1 Å². The van der Waals surface area contributed by atoms with Crippen molar-refractivity contribution in [2.24, 2.45) is 0 Å². The molecule has 0 atom stereocenters. The monoisotopic (exact) mass is 247 g/mol. The van der Waals surface area contributed by atoms with E-state index in [1.54, 1.807) is 0 Å². The number of anilines is 1. The Morgan fingerprint density at radius 1 is 1.47 bits per heavy atom. The quantitative estimate of drug-likeness (QED) is 0.799. The molecule has 1 aliphatic heterocycles. The highest BCUT2D eigenvalue weighted by Gasteiger charge is 2.21. The summed E-state index contributed by atoms with van der Waals surface area (Å²) in [7, 11) is 0. The number of hydrogen-bond acceptors (Lipinski definition) is 2. The van der Waals surface area contributed by atoms with E-state index in [2.05, 4.69) is 10.3 Å². The van der Waals surface area contributed by atoms with Gasteiger partial charge in [0.15, 0.2) is 0 Å². The summed E-state index contributed by atoms with van der Waals surface area (Å²) < 4.78 is 0. The third kappa shape index (κ3) is 2.06. The van der Waals surface area contributed by atoms with Crippen LogP contribution < -0.4 is 5.32 Å². The molecule has 2 aromatic heterocycles. The summed E-state index contributed by atoms with van der Waals surface area (Å²) in [5.41, 5.74) is 2.47. The van der Waals surface area contributed by atoms with E-state index in [-0.39, 0.29) is 6.03 Å². The molecule has 3 heterocycles. The number of nitrogens with zero attached hydrogens (tertiary/aromatic N) is 1. The first kappa shape index (κ1) is 10.4. The minimum absolute atomic E-state index is 0.0145. The minimum atomic E-state index is -0.0145. The Morgan fingerprint density at radius 2 is 2.41 bits per heavy atom. The molecule has 0 saturated carbocycles. The Bertz CT molecular complexity index is 518. The topological polar surface area (TPSA) is 48.1 Å². The van der Waals surface area contributed by atoms with Crippen LogP contribution in [-0.2, 0) is 13.0 Å². The largest absolute Gasteiger partial charge is 0.365 e. The molecule has 0 fully saturated rings. The van der Waals surface area contributed by atoms with Crippen molar-refractivity contribution in [3.05, 3.63) is 41.0 Å². The summed E-state index contributed by atoms with van der Waals surface area (Å²) in [5.74, 6) is 0. The average molecular weight is 247 g/mol. The molecule has 0 aromatic carbocycles. The van der Waals surface area contributed by atoms with Gasteiger partial charge in [0.1, 0.15) is 0 Å². The fraction of sp³-hybridized carbons (Fsp3) is 0.250. The molecular formula is C12H13N3OS. The number of fused-ring (bicyclic) bond motifs is 1. The normalized spacial score (nSPS) is 14.5. The number of rotatable bonds is 1. The smallest absolute Gasteiger partial charge is 0.322 e. The predicted molar refractivity (Wildman–Crippen MR) is 68.2 cm³/mol. The Morgan fingerprint density at radius 3 is 3.24 bits per heavy atom. The van der Waals surface area contributed by atoms with E-state index in [0.29, 0.717) is 6.54 Å².